The molecule has 0 amide bonds. The van der Waals surface area contributed by atoms with E-state index in [9.17, 15) is 13.2 Å². The Bertz CT molecular complexity index is 1180. The Balaban J connectivity index is 1.70. The summed E-state index contributed by atoms with van der Waals surface area (Å²) in [7, 11) is 0. The van der Waals surface area contributed by atoms with Gasteiger partial charge in [0.25, 0.3) is 0 Å². The zero-order valence-electron chi connectivity index (χ0n) is 15.2. The van der Waals surface area contributed by atoms with E-state index in [-0.39, 0.29) is 5.75 Å². The highest BCUT2D eigenvalue weighted by Gasteiger charge is 2.31. The van der Waals surface area contributed by atoms with Crippen molar-refractivity contribution in [3.05, 3.63) is 82.3 Å². The van der Waals surface area contributed by atoms with Crippen LogP contribution in [-0.2, 0) is 5.75 Å². The molecule has 1 heterocycles. The predicted molar refractivity (Wildman–Crippen MR) is 114 cm³/mol. The number of fused-ring (bicyclic) bond motifs is 1. The standard InChI is InChI=1S/C21H13Cl2F3N2OS/c22-14-3-1-13(2-4-14)12-30-20-27-18-10-5-15(23)11-19(18)28(20)16-6-8-17(9-7-16)29-21(24,25)26/h1-11H,12H2. The van der Waals surface area contributed by atoms with Gasteiger partial charge in [-0.3, -0.25) is 4.57 Å². The summed E-state index contributed by atoms with van der Waals surface area (Å²) in [5.74, 6) is 0.354. The number of ether oxygens (including phenoxy) is 1. The number of rotatable bonds is 5. The third-order valence-corrected chi connectivity index (χ3v) is 5.69. The number of hydrogen-bond acceptors (Lipinski definition) is 3. The fraction of sp³-hybridized carbons (Fsp3) is 0.0952. The number of imidazole rings is 1. The van der Waals surface area contributed by atoms with Crippen LogP contribution in [0.2, 0.25) is 10.0 Å². The van der Waals surface area contributed by atoms with Crippen molar-refractivity contribution in [2.45, 2.75) is 17.3 Å². The quantitative estimate of drug-likeness (QED) is 0.283. The Labute approximate surface area is 184 Å². The number of halogens is 5. The van der Waals surface area contributed by atoms with Gasteiger partial charge < -0.3 is 4.74 Å². The molecule has 0 fully saturated rings. The van der Waals surface area contributed by atoms with Crippen LogP contribution in [0.3, 0.4) is 0 Å². The van der Waals surface area contributed by atoms with Crippen LogP contribution in [0.15, 0.2) is 71.9 Å². The van der Waals surface area contributed by atoms with Crippen molar-refractivity contribution in [3.63, 3.8) is 0 Å². The van der Waals surface area contributed by atoms with E-state index in [0.717, 1.165) is 16.6 Å². The van der Waals surface area contributed by atoms with Gasteiger partial charge in [-0.2, -0.15) is 0 Å². The number of alkyl halides is 3. The van der Waals surface area contributed by atoms with E-state index in [1.54, 1.807) is 24.3 Å². The molecule has 0 aliphatic heterocycles. The lowest BCUT2D eigenvalue weighted by molar-refractivity contribution is -0.274. The fourth-order valence-corrected chi connectivity index (χ4v) is 4.17. The summed E-state index contributed by atoms with van der Waals surface area (Å²) in [6.07, 6.45) is -4.74. The minimum Gasteiger partial charge on any atom is -0.406 e. The molecule has 0 atom stereocenters. The lowest BCUT2D eigenvalue weighted by Gasteiger charge is -2.12. The highest BCUT2D eigenvalue weighted by atomic mass is 35.5. The van der Waals surface area contributed by atoms with Gasteiger partial charge in [-0.25, -0.2) is 4.98 Å². The van der Waals surface area contributed by atoms with Gasteiger partial charge >= 0.3 is 6.36 Å². The summed E-state index contributed by atoms with van der Waals surface area (Å²) in [6.45, 7) is 0. The Hall–Kier alpha value is -2.35. The maximum absolute atomic E-state index is 12.5. The maximum atomic E-state index is 12.5. The zero-order chi connectivity index (χ0) is 21.3. The number of aromatic nitrogens is 2. The monoisotopic (exact) mass is 468 g/mol. The van der Waals surface area contributed by atoms with Gasteiger partial charge in [-0.1, -0.05) is 47.1 Å². The molecule has 9 heteroatoms. The summed E-state index contributed by atoms with van der Waals surface area (Å²) < 4.78 is 43.2. The van der Waals surface area contributed by atoms with Crippen molar-refractivity contribution in [1.82, 2.24) is 9.55 Å². The van der Waals surface area contributed by atoms with Crippen LogP contribution in [0.5, 0.6) is 5.75 Å². The molecule has 0 bridgehead atoms. The van der Waals surface area contributed by atoms with Crippen molar-refractivity contribution in [2.24, 2.45) is 0 Å². The summed E-state index contributed by atoms with van der Waals surface area (Å²) in [6, 6.07) is 18.5. The van der Waals surface area contributed by atoms with Crippen molar-refractivity contribution < 1.29 is 17.9 Å². The molecule has 0 aliphatic rings. The average Bonchev–Trinajstić information content (AvgIpc) is 3.04. The predicted octanol–water partition coefficient (Wildman–Crippen LogP) is 7.52. The first-order valence-electron chi connectivity index (χ1n) is 8.70. The van der Waals surface area contributed by atoms with Crippen molar-refractivity contribution >= 4 is 46.0 Å². The molecule has 4 aromatic rings. The molecule has 3 nitrogen and oxygen atoms in total. The Morgan fingerprint density at radius 2 is 1.57 bits per heavy atom. The van der Waals surface area contributed by atoms with E-state index in [2.05, 4.69) is 9.72 Å². The molecule has 3 aromatic carbocycles. The molecular weight excluding hydrogens is 456 g/mol. The van der Waals surface area contributed by atoms with Crippen LogP contribution < -0.4 is 4.74 Å². The van der Waals surface area contributed by atoms with E-state index >= 15 is 0 Å². The van der Waals surface area contributed by atoms with E-state index in [1.165, 1.54) is 23.9 Å². The highest BCUT2D eigenvalue weighted by molar-refractivity contribution is 7.98. The summed E-state index contributed by atoms with van der Waals surface area (Å²) in [4.78, 5) is 4.67. The smallest absolute Gasteiger partial charge is 0.406 e. The largest absolute Gasteiger partial charge is 0.573 e. The van der Waals surface area contributed by atoms with Gasteiger partial charge in [-0.15, -0.1) is 13.2 Å². The topological polar surface area (TPSA) is 27.1 Å². The lowest BCUT2D eigenvalue weighted by Crippen LogP contribution is -2.17. The van der Waals surface area contributed by atoms with Crippen LogP contribution in [0, 0.1) is 0 Å². The second kappa shape index (κ2) is 8.41. The van der Waals surface area contributed by atoms with Crippen LogP contribution in [-0.4, -0.2) is 15.9 Å². The Morgan fingerprint density at radius 1 is 0.900 bits per heavy atom. The molecular formula is C21H13Cl2F3N2OS. The molecule has 0 saturated heterocycles. The molecule has 154 valence electrons. The van der Waals surface area contributed by atoms with E-state index in [4.69, 9.17) is 23.2 Å². The van der Waals surface area contributed by atoms with Gasteiger partial charge in [-0.05, 0) is 60.2 Å². The van der Waals surface area contributed by atoms with Crippen molar-refractivity contribution in [3.8, 4) is 11.4 Å². The third kappa shape index (κ3) is 4.86. The lowest BCUT2D eigenvalue weighted by atomic mass is 10.2. The number of benzene rings is 3. The van der Waals surface area contributed by atoms with E-state index < -0.39 is 6.36 Å². The van der Waals surface area contributed by atoms with E-state index in [1.807, 2.05) is 34.9 Å². The molecule has 4 rings (SSSR count). The van der Waals surface area contributed by atoms with Gasteiger partial charge in [0.1, 0.15) is 5.75 Å². The number of nitrogens with zero attached hydrogens (tertiary/aromatic N) is 2. The van der Waals surface area contributed by atoms with Crippen LogP contribution >= 0.6 is 35.0 Å². The van der Waals surface area contributed by atoms with Crippen molar-refractivity contribution in [2.75, 3.05) is 0 Å². The second-order valence-corrected chi connectivity index (χ2v) is 8.14. The first-order valence-corrected chi connectivity index (χ1v) is 10.4. The van der Waals surface area contributed by atoms with Gasteiger partial charge in [0, 0.05) is 21.5 Å². The van der Waals surface area contributed by atoms with Crippen LogP contribution in [0.1, 0.15) is 5.56 Å². The van der Waals surface area contributed by atoms with Crippen molar-refractivity contribution in [1.29, 1.82) is 0 Å². The molecule has 0 spiro atoms. The summed E-state index contributed by atoms with van der Waals surface area (Å²) >= 11 is 13.6. The van der Waals surface area contributed by atoms with Gasteiger partial charge in [0.2, 0.25) is 0 Å². The average molecular weight is 469 g/mol. The SMILES string of the molecule is FC(F)(F)Oc1ccc(-n2c(SCc3ccc(Cl)cc3)nc3ccc(Cl)cc32)cc1. The van der Waals surface area contributed by atoms with Crippen LogP contribution in [0.4, 0.5) is 13.2 Å². The maximum Gasteiger partial charge on any atom is 0.573 e. The molecule has 0 N–H and O–H groups in total. The zero-order valence-corrected chi connectivity index (χ0v) is 17.5. The van der Waals surface area contributed by atoms with Gasteiger partial charge in [0.05, 0.1) is 11.0 Å². The van der Waals surface area contributed by atoms with Crippen LogP contribution in [0.25, 0.3) is 16.7 Å². The molecule has 0 saturated carbocycles. The normalized spacial score (nSPS) is 11.8. The number of thioether (sulfide) groups is 1. The highest BCUT2D eigenvalue weighted by Crippen LogP contribution is 2.32. The molecule has 1 aromatic heterocycles. The Morgan fingerprint density at radius 3 is 2.23 bits per heavy atom. The fourth-order valence-electron chi connectivity index (χ4n) is 2.90. The summed E-state index contributed by atoms with van der Waals surface area (Å²) in [5, 5.41) is 1.88. The minimum absolute atomic E-state index is 0.288. The molecule has 0 unspecified atom stereocenters. The first-order chi connectivity index (χ1) is 14.3. The van der Waals surface area contributed by atoms with Gasteiger partial charge in [0.15, 0.2) is 5.16 Å². The molecule has 0 aliphatic carbocycles. The third-order valence-electron chi connectivity index (χ3n) is 4.20. The Kier molecular flexibility index (Phi) is 5.86. The minimum atomic E-state index is -4.74. The molecule has 30 heavy (non-hydrogen) atoms. The molecule has 0 radical (unpaired) electrons. The second-order valence-electron chi connectivity index (χ2n) is 6.32. The number of hydrogen-bond donors (Lipinski definition) is 0. The van der Waals surface area contributed by atoms with E-state index in [0.29, 0.717) is 26.6 Å². The first kappa shape index (κ1) is 20.9. The summed E-state index contributed by atoms with van der Waals surface area (Å²) in [5.41, 5.74) is 3.20.